The van der Waals surface area contributed by atoms with Crippen molar-refractivity contribution < 1.29 is 8.85 Å². The van der Waals surface area contributed by atoms with Gasteiger partial charge in [-0.2, -0.15) is 0 Å². The van der Waals surface area contributed by atoms with Crippen molar-refractivity contribution in [2.24, 2.45) is 5.73 Å². The molecule has 4 heteroatoms. The molecule has 18 heavy (non-hydrogen) atoms. The van der Waals surface area contributed by atoms with Crippen molar-refractivity contribution in [1.29, 1.82) is 0 Å². The fourth-order valence-electron chi connectivity index (χ4n) is 1.98. The van der Waals surface area contributed by atoms with Crippen LogP contribution in [0.4, 0.5) is 0 Å². The SMILES string of the molecule is CCO[SiH](OCC)c1ccccc1CCCCN. The molecule has 1 rings (SSSR count). The Bertz CT molecular complexity index is 327. The molecule has 0 spiro atoms. The zero-order valence-corrected chi connectivity index (χ0v) is 12.7. The first-order valence-electron chi connectivity index (χ1n) is 6.84. The number of unbranched alkanes of at least 4 members (excludes halogenated alkanes) is 1. The van der Waals surface area contributed by atoms with Crippen LogP contribution in [0.1, 0.15) is 32.3 Å². The van der Waals surface area contributed by atoms with Crippen LogP contribution in [0.3, 0.4) is 0 Å². The molecule has 0 amide bonds. The fourth-order valence-corrected chi connectivity index (χ4v) is 3.85. The number of aryl methyl sites for hydroxylation is 1. The summed E-state index contributed by atoms with van der Waals surface area (Å²) in [5.41, 5.74) is 6.91. The first kappa shape index (κ1) is 15.4. The Labute approximate surface area is 112 Å². The van der Waals surface area contributed by atoms with Gasteiger partial charge in [0.25, 0.3) is 0 Å². The van der Waals surface area contributed by atoms with Gasteiger partial charge < -0.3 is 14.6 Å². The molecule has 0 saturated heterocycles. The van der Waals surface area contributed by atoms with Gasteiger partial charge in [0, 0.05) is 13.2 Å². The molecule has 102 valence electrons. The predicted octanol–water partition coefficient (Wildman–Crippen LogP) is 1.47. The molecular weight excluding hydrogens is 242 g/mol. The van der Waals surface area contributed by atoms with Gasteiger partial charge >= 0.3 is 9.28 Å². The summed E-state index contributed by atoms with van der Waals surface area (Å²) in [7, 11) is -1.71. The summed E-state index contributed by atoms with van der Waals surface area (Å²) in [4.78, 5) is 0. The summed E-state index contributed by atoms with van der Waals surface area (Å²) < 4.78 is 11.6. The average molecular weight is 267 g/mol. The predicted molar refractivity (Wildman–Crippen MR) is 78.5 cm³/mol. The molecule has 0 atom stereocenters. The average Bonchev–Trinajstić information content (AvgIpc) is 2.39. The van der Waals surface area contributed by atoms with Crippen LogP contribution in [0.15, 0.2) is 24.3 Å². The third-order valence-corrected chi connectivity index (χ3v) is 5.19. The van der Waals surface area contributed by atoms with Gasteiger partial charge in [-0.3, -0.25) is 0 Å². The zero-order chi connectivity index (χ0) is 13.2. The minimum absolute atomic E-state index is 0.716. The van der Waals surface area contributed by atoms with E-state index >= 15 is 0 Å². The maximum absolute atomic E-state index is 5.81. The lowest BCUT2D eigenvalue weighted by Crippen LogP contribution is -2.39. The highest BCUT2D eigenvalue weighted by atomic mass is 28.3. The van der Waals surface area contributed by atoms with E-state index in [0.717, 1.165) is 25.8 Å². The lowest BCUT2D eigenvalue weighted by atomic mass is 10.1. The van der Waals surface area contributed by atoms with Crippen molar-refractivity contribution in [2.75, 3.05) is 19.8 Å². The lowest BCUT2D eigenvalue weighted by Gasteiger charge is -2.18. The molecule has 0 fully saturated rings. The van der Waals surface area contributed by atoms with Crippen LogP contribution < -0.4 is 10.9 Å². The van der Waals surface area contributed by atoms with Crippen molar-refractivity contribution in [3.8, 4) is 0 Å². The standard InChI is InChI=1S/C14H25NO2Si/c1-3-16-18(17-4-2)14-11-6-5-9-13(14)10-7-8-12-15/h5-6,9,11,18H,3-4,7-8,10,12,15H2,1-2H3. The Kier molecular flexibility index (Phi) is 7.92. The molecule has 0 aliphatic carbocycles. The highest BCUT2D eigenvalue weighted by molar-refractivity contribution is 6.61. The molecule has 0 aromatic heterocycles. The second kappa shape index (κ2) is 9.27. The van der Waals surface area contributed by atoms with Crippen LogP contribution in [0.25, 0.3) is 0 Å². The van der Waals surface area contributed by atoms with Crippen molar-refractivity contribution in [3.63, 3.8) is 0 Å². The third-order valence-electron chi connectivity index (χ3n) is 2.85. The largest absolute Gasteiger partial charge is 0.394 e. The van der Waals surface area contributed by atoms with Gasteiger partial charge in [-0.15, -0.1) is 0 Å². The topological polar surface area (TPSA) is 44.5 Å². The number of rotatable bonds is 9. The highest BCUT2D eigenvalue weighted by Gasteiger charge is 2.18. The Hall–Kier alpha value is -0.683. The molecular formula is C14H25NO2Si. The molecule has 0 unspecified atom stereocenters. The molecule has 0 radical (unpaired) electrons. The van der Waals surface area contributed by atoms with E-state index in [1.165, 1.54) is 10.8 Å². The quantitative estimate of drug-likeness (QED) is 0.544. The molecule has 0 saturated carbocycles. The second-order valence-electron chi connectivity index (χ2n) is 4.19. The van der Waals surface area contributed by atoms with Crippen molar-refractivity contribution in [3.05, 3.63) is 29.8 Å². The molecule has 0 aliphatic rings. The van der Waals surface area contributed by atoms with E-state index in [0.29, 0.717) is 13.2 Å². The van der Waals surface area contributed by atoms with Gasteiger partial charge in [0.05, 0.1) is 0 Å². The maximum Gasteiger partial charge on any atom is 0.356 e. The van der Waals surface area contributed by atoms with E-state index in [4.69, 9.17) is 14.6 Å². The van der Waals surface area contributed by atoms with E-state index in [2.05, 4.69) is 24.3 Å². The maximum atomic E-state index is 5.81. The van der Waals surface area contributed by atoms with Crippen LogP contribution in [0.5, 0.6) is 0 Å². The summed E-state index contributed by atoms with van der Waals surface area (Å²) in [5.74, 6) is 0. The van der Waals surface area contributed by atoms with Gasteiger partial charge in [-0.25, -0.2) is 0 Å². The summed E-state index contributed by atoms with van der Waals surface area (Å²) >= 11 is 0. The number of hydrogen-bond donors (Lipinski definition) is 1. The lowest BCUT2D eigenvalue weighted by molar-refractivity contribution is 0.225. The molecule has 1 aromatic rings. The van der Waals surface area contributed by atoms with Gasteiger partial charge in [-0.1, -0.05) is 24.3 Å². The Morgan fingerprint density at radius 2 is 1.72 bits per heavy atom. The van der Waals surface area contributed by atoms with Crippen LogP contribution in [0, 0.1) is 0 Å². The van der Waals surface area contributed by atoms with E-state index in [1.54, 1.807) is 0 Å². The van der Waals surface area contributed by atoms with Crippen LogP contribution in [0.2, 0.25) is 0 Å². The first-order chi connectivity index (χ1) is 8.83. The van der Waals surface area contributed by atoms with E-state index in [-0.39, 0.29) is 0 Å². The van der Waals surface area contributed by atoms with E-state index in [1.807, 2.05) is 13.8 Å². The van der Waals surface area contributed by atoms with E-state index in [9.17, 15) is 0 Å². The minimum Gasteiger partial charge on any atom is -0.394 e. The van der Waals surface area contributed by atoms with E-state index < -0.39 is 9.28 Å². The van der Waals surface area contributed by atoms with Gasteiger partial charge in [0.15, 0.2) is 0 Å². The zero-order valence-electron chi connectivity index (χ0n) is 11.5. The first-order valence-corrected chi connectivity index (χ1v) is 8.36. The summed E-state index contributed by atoms with van der Waals surface area (Å²) in [5, 5.41) is 1.29. The van der Waals surface area contributed by atoms with Gasteiger partial charge in [0.2, 0.25) is 0 Å². The minimum atomic E-state index is -1.71. The Morgan fingerprint density at radius 3 is 2.33 bits per heavy atom. The van der Waals surface area contributed by atoms with Gasteiger partial charge in [-0.05, 0) is 50.4 Å². The van der Waals surface area contributed by atoms with Crippen LogP contribution in [-0.4, -0.2) is 29.0 Å². The second-order valence-corrected chi connectivity index (χ2v) is 6.14. The number of hydrogen-bond acceptors (Lipinski definition) is 3. The Morgan fingerprint density at radius 1 is 1.06 bits per heavy atom. The molecule has 1 aromatic carbocycles. The normalized spacial score (nSPS) is 11.1. The number of benzene rings is 1. The monoisotopic (exact) mass is 267 g/mol. The van der Waals surface area contributed by atoms with Crippen LogP contribution in [-0.2, 0) is 15.3 Å². The Balaban J connectivity index is 2.76. The third kappa shape index (κ3) is 4.90. The smallest absolute Gasteiger partial charge is 0.356 e. The van der Waals surface area contributed by atoms with Crippen LogP contribution >= 0.6 is 0 Å². The molecule has 0 heterocycles. The van der Waals surface area contributed by atoms with Gasteiger partial charge in [0.1, 0.15) is 0 Å². The summed E-state index contributed by atoms with van der Waals surface area (Å²) in [6.07, 6.45) is 3.27. The van der Waals surface area contributed by atoms with Crippen molar-refractivity contribution in [1.82, 2.24) is 0 Å². The molecule has 0 aliphatic heterocycles. The van der Waals surface area contributed by atoms with Crippen molar-refractivity contribution in [2.45, 2.75) is 33.1 Å². The highest BCUT2D eigenvalue weighted by Crippen LogP contribution is 2.05. The fraction of sp³-hybridized carbons (Fsp3) is 0.571. The molecule has 3 nitrogen and oxygen atoms in total. The molecule has 2 N–H and O–H groups in total. The molecule has 0 bridgehead atoms. The summed E-state index contributed by atoms with van der Waals surface area (Å²) in [6, 6.07) is 8.49. The van der Waals surface area contributed by atoms with Crippen molar-refractivity contribution >= 4 is 14.5 Å². The number of nitrogens with two attached hydrogens (primary N) is 1. The summed E-state index contributed by atoms with van der Waals surface area (Å²) in [6.45, 7) is 6.24.